The molecule has 2 rings (SSSR count). The molecule has 0 aromatic heterocycles. The average Bonchev–Trinajstić information content (AvgIpc) is 2.60. The maximum Gasteiger partial charge on any atom is 0.233 e. The van der Waals surface area contributed by atoms with Gasteiger partial charge in [-0.05, 0) is 37.0 Å². The first-order chi connectivity index (χ1) is 11.1. The fraction of sp³-hybridized carbons (Fsp3) is 0.350. The first kappa shape index (κ1) is 17.6. The van der Waals surface area contributed by atoms with Gasteiger partial charge < -0.3 is 5.32 Å². The maximum atomic E-state index is 12.3. The molecule has 0 aliphatic heterocycles. The van der Waals surface area contributed by atoms with Gasteiger partial charge in [-0.3, -0.25) is 4.79 Å². The first-order valence-electron chi connectivity index (χ1n) is 8.15. The summed E-state index contributed by atoms with van der Waals surface area (Å²) >= 11 is 1.67. The van der Waals surface area contributed by atoms with E-state index >= 15 is 0 Å². The normalized spacial score (nSPS) is 13.3. The highest BCUT2D eigenvalue weighted by molar-refractivity contribution is 7.99. The minimum Gasteiger partial charge on any atom is -0.349 e. The topological polar surface area (TPSA) is 29.1 Å². The smallest absolute Gasteiger partial charge is 0.233 e. The van der Waals surface area contributed by atoms with Gasteiger partial charge in [-0.25, -0.2) is 0 Å². The third-order valence-corrected chi connectivity index (χ3v) is 5.17. The number of carbonyl (C=O) groups is 1. The maximum absolute atomic E-state index is 12.3. The molecule has 0 heterocycles. The molecule has 1 N–H and O–H groups in total. The molecule has 0 unspecified atom stereocenters. The Bertz CT molecular complexity index is 609. The van der Waals surface area contributed by atoms with Crippen molar-refractivity contribution in [3.63, 3.8) is 0 Å². The molecule has 0 aliphatic carbocycles. The molecule has 2 aromatic carbocycles. The Morgan fingerprint density at radius 1 is 1.00 bits per heavy atom. The summed E-state index contributed by atoms with van der Waals surface area (Å²) in [5.41, 5.74) is 3.72. The van der Waals surface area contributed by atoms with Crippen LogP contribution in [-0.2, 0) is 17.0 Å². The summed E-state index contributed by atoms with van der Waals surface area (Å²) in [6.07, 6.45) is 1.04. The average molecular weight is 327 g/mol. The zero-order valence-corrected chi connectivity index (χ0v) is 14.9. The van der Waals surface area contributed by atoms with Crippen LogP contribution in [0.2, 0.25) is 0 Å². The number of thioether (sulfide) groups is 1. The number of hydrogen-bond donors (Lipinski definition) is 1. The van der Waals surface area contributed by atoms with Crippen molar-refractivity contribution in [2.24, 2.45) is 0 Å². The first-order valence-corrected chi connectivity index (χ1v) is 9.19. The number of rotatable bonds is 7. The van der Waals surface area contributed by atoms with Crippen LogP contribution in [0.1, 0.15) is 43.5 Å². The summed E-state index contributed by atoms with van der Waals surface area (Å²) in [5, 5.41) is 3.05. The zero-order chi connectivity index (χ0) is 16.7. The Kier molecular flexibility index (Phi) is 6.72. The summed E-state index contributed by atoms with van der Waals surface area (Å²) in [4.78, 5) is 12.3. The second-order valence-electron chi connectivity index (χ2n) is 5.76. The number of nitrogens with one attached hydrogen (secondary N) is 1. The molecule has 0 bridgehead atoms. The Hall–Kier alpha value is -1.74. The summed E-state index contributed by atoms with van der Waals surface area (Å²) in [6.45, 7) is 6.15. The molecule has 2 atom stereocenters. The van der Waals surface area contributed by atoms with Gasteiger partial charge in [0, 0.05) is 5.75 Å². The van der Waals surface area contributed by atoms with Crippen LogP contribution < -0.4 is 5.32 Å². The number of hydrogen-bond acceptors (Lipinski definition) is 2. The summed E-state index contributed by atoms with van der Waals surface area (Å²) in [5.74, 6) is 0.952. The quantitative estimate of drug-likeness (QED) is 0.795. The van der Waals surface area contributed by atoms with E-state index in [1.54, 1.807) is 11.8 Å². The molecule has 0 saturated heterocycles. The highest BCUT2D eigenvalue weighted by Gasteiger charge is 2.16. The van der Waals surface area contributed by atoms with Crippen molar-refractivity contribution in [3.8, 4) is 0 Å². The van der Waals surface area contributed by atoms with Gasteiger partial charge in [0.25, 0.3) is 0 Å². The van der Waals surface area contributed by atoms with E-state index in [0.29, 0.717) is 0 Å². The fourth-order valence-corrected chi connectivity index (χ4v) is 3.18. The highest BCUT2D eigenvalue weighted by Crippen LogP contribution is 2.19. The van der Waals surface area contributed by atoms with Crippen molar-refractivity contribution in [1.82, 2.24) is 5.32 Å². The van der Waals surface area contributed by atoms with Crippen molar-refractivity contribution in [1.29, 1.82) is 0 Å². The lowest BCUT2D eigenvalue weighted by Gasteiger charge is -2.18. The Morgan fingerprint density at radius 3 is 2.26 bits per heavy atom. The monoisotopic (exact) mass is 327 g/mol. The molecule has 1 amide bonds. The number of amides is 1. The molecule has 0 saturated carbocycles. The van der Waals surface area contributed by atoms with E-state index in [9.17, 15) is 4.79 Å². The molecule has 23 heavy (non-hydrogen) atoms. The van der Waals surface area contributed by atoms with E-state index in [4.69, 9.17) is 0 Å². The van der Waals surface area contributed by atoms with Gasteiger partial charge in [-0.1, -0.05) is 61.5 Å². The van der Waals surface area contributed by atoms with Crippen molar-refractivity contribution in [3.05, 3.63) is 71.3 Å². The van der Waals surface area contributed by atoms with Crippen molar-refractivity contribution < 1.29 is 4.79 Å². The van der Waals surface area contributed by atoms with E-state index in [1.165, 1.54) is 11.1 Å². The van der Waals surface area contributed by atoms with Gasteiger partial charge in [-0.15, -0.1) is 11.8 Å². The molecule has 122 valence electrons. The lowest BCUT2D eigenvalue weighted by Crippen LogP contribution is -2.33. The molecule has 3 heteroatoms. The van der Waals surface area contributed by atoms with Crippen LogP contribution in [0.4, 0.5) is 0 Å². The lowest BCUT2D eigenvalue weighted by molar-refractivity contribution is -0.120. The van der Waals surface area contributed by atoms with Crippen LogP contribution in [0, 0.1) is 0 Å². The number of benzene rings is 2. The molecular formula is C20H25NOS. The van der Waals surface area contributed by atoms with Gasteiger partial charge in [0.2, 0.25) is 5.91 Å². The minimum atomic E-state index is -0.0624. The molecule has 0 spiro atoms. The van der Waals surface area contributed by atoms with Crippen molar-refractivity contribution in [2.45, 2.75) is 44.2 Å². The van der Waals surface area contributed by atoms with Crippen molar-refractivity contribution in [2.75, 3.05) is 0 Å². The predicted molar refractivity (Wildman–Crippen MR) is 99.6 cm³/mol. The van der Waals surface area contributed by atoms with E-state index in [2.05, 4.69) is 48.6 Å². The second kappa shape index (κ2) is 8.78. The SMILES string of the molecule is CCc1ccc([C@H](C)NC(=O)[C@@H](C)SCc2ccccc2)cc1. The van der Waals surface area contributed by atoms with Crippen LogP contribution in [0.25, 0.3) is 0 Å². The van der Waals surface area contributed by atoms with Crippen LogP contribution >= 0.6 is 11.8 Å². The van der Waals surface area contributed by atoms with Crippen molar-refractivity contribution >= 4 is 17.7 Å². The lowest BCUT2D eigenvalue weighted by atomic mass is 10.0. The molecule has 2 aromatic rings. The van der Waals surface area contributed by atoms with Crippen LogP contribution in [0.15, 0.2) is 54.6 Å². The van der Waals surface area contributed by atoms with Gasteiger partial charge >= 0.3 is 0 Å². The van der Waals surface area contributed by atoms with Gasteiger partial charge in [0.15, 0.2) is 0 Å². The van der Waals surface area contributed by atoms with E-state index < -0.39 is 0 Å². The van der Waals surface area contributed by atoms with Crippen LogP contribution in [0.3, 0.4) is 0 Å². The summed E-state index contributed by atoms with van der Waals surface area (Å²) < 4.78 is 0. The Labute approximate surface area is 143 Å². The second-order valence-corrected chi connectivity index (χ2v) is 7.09. The third-order valence-electron chi connectivity index (χ3n) is 3.96. The fourth-order valence-electron chi connectivity index (χ4n) is 2.33. The summed E-state index contributed by atoms with van der Waals surface area (Å²) in [7, 11) is 0. The predicted octanol–water partition coefficient (Wildman–Crippen LogP) is 4.75. The van der Waals surface area contributed by atoms with Crippen LogP contribution in [0.5, 0.6) is 0 Å². The van der Waals surface area contributed by atoms with Gasteiger partial charge in [0.05, 0.1) is 11.3 Å². The largest absolute Gasteiger partial charge is 0.349 e. The van der Waals surface area contributed by atoms with Crippen LogP contribution in [-0.4, -0.2) is 11.2 Å². The van der Waals surface area contributed by atoms with Gasteiger partial charge in [0.1, 0.15) is 0 Å². The molecular weight excluding hydrogens is 302 g/mol. The molecule has 0 radical (unpaired) electrons. The number of aryl methyl sites for hydroxylation is 1. The third kappa shape index (κ3) is 5.43. The highest BCUT2D eigenvalue weighted by atomic mass is 32.2. The molecule has 0 fully saturated rings. The van der Waals surface area contributed by atoms with Gasteiger partial charge in [-0.2, -0.15) is 0 Å². The standard InChI is InChI=1S/C20H25NOS/c1-4-17-10-12-19(13-11-17)15(2)21-20(22)16(3)23-14-18-8-6-5-7-9-18/h5-13,15-16H,4,14H2,1-3H3,(H,21,22)/t15-,16+/m0/s1. The molecule has 0 aliphatic rings. The Balaban J connectivity index is 1.84. The summed E-state index contributed by atoms with van der Waals surface area (Å²) in [6, 6.07) is 18.8. The zero-order valence-electron chi connectivity index (χ0n) is 14.1. The van der Waals surface area contributed by atoms with E-state index in [0.717, 1.165) is 17.7 Å². The minimum absolute atomic E-state index is 0.0354. The molecule has 2 nitrogen and oxygen atoms in total. The van der Waals surface area contributed by atoms with E-state index in [1.807, 2.05) is 32.0 Å². The van der Waals surface area contributed by atoms with E-state index in [-0.39, 0.29) is 17.2 Å². The number of carbonyl (C=O) groups excluding carboxylic acids is 1. The Morgan fingerprint density at radius 2 is 1.65 bits per heavy atom.